The quantitative estimate of drug-likeness (QED) is 0.896. The molecule has 0 unspecified atom stereocenters. The Hall–Kier alpha value is -2.31. The van der Waals surface area contributed by atoms with Crippen LogP contribution in [0.5, 0.6) is 5.75 Å². The van der Waals surface area contributed by atoms with Crippen LogP contribution in [0.2, 0.25) is 0 Å². The molecule has 1 aromatic heterocycles. The van der Waals surface area contributed by atoms with Crippen LogP contribution in [0, 0.1) is 0 Å². The molecule has 4 nitrogen and oxygen atoms in total. The Balaban J connectivity index is 2.41. The van der Waals surface area contributed by atoms with Crippen LogP contribution in [-0.2, 0) is 0 Å². The zero-order valence-electron chi connectivity index (χ0n) is 8.98. The third-order valence-electron chi connectivity index (χ3n) is 2.06. The molecule has 0 aliphatic rings. The van der Waals surface area contributed by atoms with Crippen molar-refractivity contribution in [1.29, 1.82) is 0 Å². The van der Waals surface area contributed by atoms with Crippen molar-refractivity contribution in [2.75, 3.05) is 5.73 Å². The fourth-order valence-corrected chi connectivity index (χ4v) is 1.37. The van der Waals surface area contributed by atoms with Crippen LogP contribution in [0.15, 0.2) is 36.7 Å². The number of nitrogens with zero attached hydrogens (tertiary/aromatic N) is 2. The number of alkyl halides is 3. The third-order valence-corrected chi connectivity index (χ3v) is 2.06. The van der Waals surface area contributed by atoms with Gasteiger partial charge in [-0.15, -0.1) is 13.2 Å². The number of para-hydroxylation sites is 1. The summed E-state index contributed by atoms with van der Waals surface area (Å²) < 4.78 is 40.6. The number of ether oxygens (including phenoxy) is 1. The molecule has 1 aromatic carbocycles. The topological polar surface area (TPSA) is 61.0 Å². The minimum Gasteiger partial charge on any atom is -0.405 e. The first-order valence-electron chi connectivity index (χ1n) is 4.88. The number of hydrogen-bond donors (Lipinski definition) is 1. The summed E-state index contributed by atoms with van der Waals surface area (Å²) in [6, 6.07) is 5.69. The van der Waals surface area contributed by atoms with Gasteiger partial charge in [0.15, 0.2) is 0 Å². The molecule has 0 aliphatic carbocycles. The number of rotatable bonds is 2. The van der Waals surface area contributed by atoms with Gasteiger partial charge in [0.2, 0.25) is 0 Å². The molecule has 2 N–H and O–H groups in total. The van der Waals surface area contributed by atoms with Crippen molar-refractivity contribution in [2.24, 2.45) is 0 Å². The lowest BCUT2D eigenvalue weighted by atomic mass is 10.1. The summed E-state index contributed by atoms with van der Waals surface area (Å²) in [5.41, 5.74) is 5.81. The minimum atomic E-state index is -4.75. The average Bonchev–Trinajstić information content (AvgIpc) is 2.29. The van der Waals surface area contributed by atoms with Crippen molar-refractivity contribution >= 4 is 5.82 Å². The van der Waals surface area contributed by atoms with Crippen molar-refractivity contribution < 1.29 is 17.9 Å². The van der Waals surface area contributed by atoms with Crippen LogP contribution in [0.1, 0.15) is 0 Å². The van der Waals surface area contributed by atoms with Crippen LogP contribution < -0.4 is 10.5 Å². The van der Waals surface area contributed by atoms with Crippen molar-refractivity contribution in [3.63, 3.8) is 0 Å². The molecular weight excluding hydrogens is 247 g/mol. The number of benzene rings is 1. The zero-order valence-corrected chi connectivity index (χ0v) is 8.98. The van der Waals surface area contributed by atoms with Crippen molar-refractivity contribution in [1.82, 2.24) is 9.97 Å². The smallest absolute Gasteiger partial charge is 0.405 e. The second-order valence-electron chi connectivity index (χ2n) is 3.37. The van der Waals surface area contributed by atoms with Gasteiger partial charge in [-0.25, -0.2) is 4.98 Å². The van der Waals surface area contributed by atoms with Crippen molar-refractivity contribution in [2.45, 2.75) is 6.36 Å². The van der Waals surface area contributed by atoms with E-state index in [1.165, 1.54) is 30.6 Å². The first-order chi connectivity index (χ1) is 8.46. The molecule has 2 rings (SSSR count). The van der Waals surface area contributed by atoms with Gasteiger partial charge in [-0.05, 0) is 12.1 Å². The van der Waals surface area contributed by atoms with Crippen LogP contribution in [0.3, 0.4) is 0 Å². The zero-order chi connectivity index (χ0) is 13.2. The molecule has 1 heterocycles. The second kappa shape index (κ2) is 4.52. The Morgan fingerprint density at radius 2 is 1.78 bits per heavy atom. The maximum Gasteiger partial charge on any atom is 0.573 e. The van der Waals surface area contributed by atoms with E-state index in [0.29, 0.717) is 0 Å². The number of nitrogens with two attached hydrogens (primary N) is 1. The Kier molecular flexibility index (Phi) is 3.05. The Bertz CT molecular complexity index is 540. The predicted molar refractivity (Wildman–Crippen MR) is 58.6 cm³/mol. The van der Waals surface area contributed by atoms with Crippen LogP contribution in [0.25, 0.3) is 11.3 Å². The highest BCUT2D eigenvalue weighted by atomic mass is 19.4. The SMILES string of the molecule is Nc1cnc(-c2ccccc2OC(F)(F)F)cn1. The summed E-state index contributed by atoms with van der Waals surface area (Å²) in [6.07, 6.45) is -2.20. The van der Waals surface area contributed by atoms with Gasteiger partial charge < -0.3 is 10.5 Å². The fourth-order valence-electron chi connectivity index (χ4n) is 1.37. The van der Waals surface area contributed by atoms with Gasteiger partial charge in [0, 0.05) is 5.56 Å². The first-order valence-corrected chi connectivity index (χ1v) is 4.88. The summed E-state index contributed by atoms with van der Waals surface area (Å²) in [6.45, 7) is 0. The summed E-state index contributed by atoms with van der Waals surface area (Å²) in [4.78, 5) is 7.68. The molecule has 94 valence electrons. The fraction of sp³-hybridized carbons (Fsp3) is 0.0909. The molecule has 0 bridgehead atoms. The molecule has 0 saturated heterocycles. The molecule has 7 heteroatoms. The van der Waals surface area contributed by atoms with Gasteiger partial charge in [-0.3, -0.25) is 4.98 Å². The monoisotopic (exact) mass is 255 g/mol. The second-order valence-corrected chi connectivity index (χ2v) is 3.37. The van der Waals surface area contributed by atoms with E-state index in [1.54, 1.807) is 6.07 Å². The number of nitrogen functional groups attached to an aromatic ring is 1. The standard InChI is InChI=1S/C11H8F3N3O/c12-11(13,14)18-9-4-2-1-3-7(9)8-5-17-10(15)6-16-8/h1-6H,(H2,15,17). The highest BCUT2D eigenvalue weighted by molar-refractivity contribution is 5.66. The molecular formula is C11H8F3N3O. The van der Waals surface area contributed by atoms with Crippen LogP contribution in [-0.4, -0.2) is 16.3 Å². The summed E-state index contributed by atoms with van der Waals surface area (Å²) in [5.74, 6) is -0.142. The van der Waals surface area contributed by atoms with E-state index in [1.807, 2.05) is 0 Å². The molecule has 0 atom stereocenters. The molecule has 18 heavy (non-hydrogen) atoms. The minimum absolute atomic E-state index is 0.188. The lowest BCUT2D eigenvalue weighted by Gasteiger charge is -2.12. The van der Waals surface area contributed by atoms with Gasteiger partial charge in [0.1, 0.15) is 11.6 Å². The number of anilines is 1. The maximum atomic E-state index is 12.2. The highest BCUT2D eigenvalue weighted by Crippen LogP contribution is 2.32. The molecule has 0 aliphatic heterocycles. The molecule has 0 radical (unpaired) electrons. The molecule has 0 spiro atoms. The van der Waals surface area contributed by atoms with Crippen LogP contribution in [0.4, 0.5) is 19.0 Å². The normalized spacial score (nSPS) is 11.3. The lowest BCUT2D eigenvalue weighted by Crippen LogP contribution is -2.17. The predicted octanol–water partition coefficient (Wildman–Crippen LogP) is 2.62. The molecule has 2 aromatic rings. The average molecular weight is 255 g/mol. The van der Waals surface area contributed by atoms with E-state index in [4.69, 9.17) is 5.73 Å². The third kappa shape index (κ3) is 2.88. The van der Waals surface area contributed by atoms with Gasteiger partial charge in [-0.1, -0.05) is 12.1 Å². The van der Waals surface area contributed by atoms with E-state index in [9.17, 15) is 13.2 Å². The largest absolute Gasteiger partial charge is 0.573 e. The Labute approximate surface area is 100 Å². The van der Waals surface area contributed by atoms with E-state index >= 15 is 0 Å². The summed E-state index contributed by atoms with van der Waals surface area (Å²) >= 11 is 0. The van der Waals surface area contributed by atoms with Gasteiger partial charge in [-0.2, -0.15) is 0 Å². The number of halogens is 3. The summed E-state index contributed by atoms with van der Waals surface area (Å²) in [5, 5.41) is 0. The van der Waals surface area contributed by atoms with E-state index in [-0.39, 0.29) is 22.8 Å². The molecule has 0 saturated carbocycles. The number of hydrogen-bond acceptors (Lipinski definition) is 4. The summed E-state index contributed by atoms with van der Waals surface area (Å²) in [7, 11) is 0. The molecule has 0 fully saturated rings. The Morgan fingerprint density at radius 1 is 1.06 bits per heavy atom. The first kappa shape index (κ1) is 12.2. The maximum absolute atomic E-state index is 12.2. The van der Waals surface area contributed by atoms with Gasteiger partial charge in [0.05, 0.1) is 18.1 Å². The van der Waals surface area contributed by atoms with Crippen molar-refractivity contribution in [3.8, 4) is 17.0 Å². The van der Waals surface area contributed by atoms with Gasteiger partial charge >= 0.3 is 6.36 Å². The highest BCUT2D eigenvalue weighted by Gasteiger charge is 2.32. The van der Waals surface area contributed by atoms with E-state index < -0.39 is 6.36 Å². The lowest BCUT2D eigenvalue weighted by molar-refractivity contribution is -0.274. The molecule has 0 amide bonds. The van der Waals surface area contributed by atoms with E-state index in [2.05, 4.69) is 14.7 Å². The number of aromatic nitrogens is 2. The van der Waals surface area contributed by atoms with Crippen molar-refractivity contribution in [3.05, 3.63) is 36.7 Å². The van der Waals surface area contributed by atoms with Gasteiger partial charge in [0.25, 0.3) is 0 Å². The Morgan fingerprint density at radius 3 is 2.39 bits per heavy atom. The van der Waals surface area contributed by atoms with E-state index in [0.717, 1.165) is 0 Å². The van der Waals surface area contributed by atoms with Crippen LogP contribution >= 0.6 is 0 Å².